The van der Waals surface area contributed by atoms with Crippen LogP contribution < -0.4 is 10.6 Å². The third-order valence-electron chi connectivity index (χ3n) is 4.69. The van der Waals surface area contributed by atoms with E-state index in [2.05, 4.69) is 15.5 Å². The Morgan fingerprint density at radius 1 is 1.07 bits per heavy atom. The Morgan fingerprint density at radius 3 is 2.39 bits per heavy atom. The summed E-state index contributed by atoms with van der Waals surface area (Å²) in [5, 5.41) is 5.27. The minimum atomic E-state index is -4.45. The maximum Gasteiger partial charge on any atom is 0.416 e. The van der Waals surface area contributed by atoms with Crippen molar-refractivity contribution < 1.29 is 22.4 Å². The maximum absolute atomic E-state index is 13.0. The number of benzene rings is 2. The zero-order valence-electron chi connectivity index (χ0n) is 15.1. The van der Waals surface area contributed by atoms with Crippen molar-refractivity contribution in [2.24, 2.45) is 0 Å². The van der Waals surface area contributed by atoms with E-state index < -0.39 is 17.8 Å². The van der Waals surface area contributed by atoms with Crippen molar-refractivity contribution in [3.05, 3.63) is 65.5 Å². The van der Waals surface area contributed by atoms with E-state index >= 15 is 0 Å². The number of alkyl halides is 3. The zero-order chi connectivity index (χ0) is 20.1. The van der Waals surface area contributed by atoms with Crippen LogP contribution in [-0.4, -0.2) is 30.1 Å². The summed E-state index contributed by atoms with van der Waals surface area (Å²) < 4.78 is 51.2. The van der Waals surface area contributed by atoms with E-state index in [1.807, 2.05) is 0 Å². The molecule has 0 bridgehead atoms. The van der Waals surface area contributed by atoms with Crippen LogP contribution in [0.2, 0.25) is 0 Å². The predicted octanol–water partition coefficient (Wildman–Crippen LogP) is 4.63. The molecule has 150 valence electrons. The molecule has 2 aromatic rings. The minimum Gasteiger partial charge on any atom is -0.335 e. The van der Waals surface area contributed by atoms with Crippen molar-refractivity contribution in [2.45, 2.75) is 31.6 Å². The number of hydrogen-bond donors (Lipinski definition) is 2. The quantitative estimate of drug-likeness (QED) is 0.742. The molecule has 1 saturated heterocycles. The molecule has 2 amide bonds. The normalized spacial score (nSPS) is 16.0. The highest BCUT2D eigenvalue weighted by Gasteiger charge is 2.30. The van der Waals surface area contributed by atoms with E-state index in [4.69, 9.17) is 0 Å². The van der Waals surface area contributed by atoms with Gasteiger partial charge in [0.25, 0.3) is 0 Å². The number of nitrogens with zero attached hydrogens (tertiary/aromatic N) is 1. The van der Waals surface area contributed by atoms with Crippen LogP contribution in [0.25, 0.3) is 0 Å². The lowest BCUT2D eigenvalue weighted by Gasteiger charge is -2.32. The molecular weight excluding hydrogens is 374 g/mol. The third kappa shape index (κ3) is 5.69. The molecule has 0 atom stereocenters. The molecule has 1 aliphatic rings. The molecule has 0 radical (unpaired) electrons. The average molecular weight is 395 g/mol. The number of hydrogen-bond acceptors (Lipinski definition) is 2. The molecule has 1 fully saturated rings. The zero-order valence-corrected chi connectivity index (χ0v) is 15.1. The highest BCUT2D eigenvalue weighted by Crippen LogP contribution is 2.30. The summed E-state index contributed by atoms with van der Waals surface area (Å²) in [6.45, 7) is 2.25. The van der Waals surface area contributed by atoms with Gasteiger partial charge in [0.1, 0.15) is 5.82 Å². The number of anilines is 1. The first kappa shape index (κ1) is 20.1. The van der Waals surface area contributed by atoms with E-state index in [9.17, 15) is 22.4 Å². The van der Waals surface area contributed by atoms with Crippen molar-refractivity contribution in [1.82, 2.24) is 10.2 Å². The molecule has 4 nitrogen and oxygen atoms in total. The van der Waals surface area contributed by atoms with Crippen LogP contribution in [-0.2, 0) is 12.7 Å². The fourth-order valence-electron chi connectivity index (χ4n) is 3.21. The predicted molar refractivity (Wildman–Crippen MR) is 98.3 cm³/mol. The second kappa shape index (κ2) is 8.60. The van der Waals surface area contributed by atoms with Gasteiger partial charge in [0.15, 0.2) is 0 Å². The number of likely N-dealkylation sites (tertiary alicyclic amines) is 1. The fourth-order valence-corrected chi connectivity index (χ4v) is 3.21. The molecule has 2 N–H and O–H groups in total. The van der Waals surface area contributed by atoms with Gasteiger partial charge in [-0.2, -0.15) is 13.2 Å². The van der Waals surface area contributed by atoms with Crippen LogP contribution >= 0.6 is 0 Å². The molecule has 28 heavy (non-hydrogen) atoms. The lowest BCUT2D eigenvalue weighted by molar-refractivity contribution is -0.137. The largest absolute Gasteiger partial charge is 0.416 e. The summed E-state index contributed by atoms with van der Waals surface area (Å²) >= 11 is 0. The van der Waals surface area contributed by atoms with Crippen LogP contribution in [0, 0.1) is 5.82 Å². The minimum absolute atomic E-state index is 0.0460. The first-order valence-corrected chi connectivity index (χ1v) is 9.01. The molecule has 0 aliphatic carbocycles. The Bertz CT molecular complexity index is 800. The van der Waals surface area contributed by atoms with Gasteiger partial charge in [0, 0.05) is 31.4 Å². The summed E-state index contributed by atoms with van der Waals surface area (Å²) in [6.07, 6.45) is -2.99. The summed E-state index contributed by atoms with van der Waals surface area (Å²) in [4.78, 5) is 14.3. The second-order valence-electron chi connectivity index (χ2n) is 6.85. The molecular formula is C20H21F4N3O. The first-order chi connectivity index (χ1) is 13.3. The number of amides is 2. The lowest BCUT2D eigenvalue weighted by atomic mass is 10.0. The van der Waals surface area contributed by atoms with Crippen LogP contribution in [0.3, 0.4) is 0 Å². The number of halogens is 4. The number of rotatable bonds is 4. The van der Waals surface area contributed by atoms with Crippen molar-refractivity contribution in [2.75, 3.05) is 18.4 Å². The molecule has 1 heterocycles. The smallest absolute Gasteiger partial charge is 0.335 e. The van der Waals surface area contributed by atoms with E-state index in [1.165, 1.54) is 24.3 Å². The summed E-state index contributed by atoms with van der Waals surface area (Å²) in [6, 6.07) is 10.3. The van der Waals surface area contributed by atoms with Crippen LogP contribution in [0.4, 0.5) is 28.0 Å². The highest BCUT2D eigenvalue weighted by atomic mass is 19.4. The number of carbonyl (C=O) groups is 1. The van der Waals surface area contributed by atoms with Gasteiger partial charge in [-0.25, -0.2) is 9.18 Å². The molecule has 0 spiro atoms. The van der Waals surface area contributed by atoms with Crippen molar-refractivity contribution in [1.29, 1.82) is 0 Å². The molecule has 0 unspecified atom stereocenters. The van der Waals surface area contributed by atoms with E-state index in [1.54, 1.807) is 12.1 Å². The second-order valence-corrected chi connectivity index (χ2v) is 6.85. The van der Waals surface area contributed by atoms with E-state index in [0.717, 1.165) is 43.6 Å². The summed E-state index contributed by atoms with van der Waals surface area (Å²) in [5.41, 5.74) is 0.315. The number of nitrogens with one attached hydrogen (secondary N) is 2. The monoisotopic (exact) mass is 395 g/mol. The van der Waals surface area contributed by atoms with Crippen molar-refractivity contribution in [3.8, 4) is 0 Å². The summed E-state index contributed by atoms with van der Waals surface area (Å²) in [7, 11) is 0. The van der Waals surface area contributed by atoms with Gasteiger partial charge in [0.2, 0.25) is 0 Å². The average Bonchev–Trinajstić information content (AvgIpc) is 2.65. The molecule has 3 rings (SSSR count). The fraction of sp³-hybridized carbons (Fsp3) is 0.350. The maximum atomic E-state index is 13.0. The van der Waals surface area contributed by atoms with Gasteiger partial charge in [-0.1, -0.05) is 18.2 Å². The Kier molecular flexibility index (Phi) is 6.18. The van der Waals surface area contributed by atoms with Crippen molar-refractivity contribution >= 4 is 11.7 Å². The Morgan fingerprint density at radius 2 is 1.75 bits per heavy atom. The van der Waals surface area contributed by atoms with Gasteiger partial charge >= 0.3 is 12.2 Å². The van der Waals surface area contributed by atoms with E-state index in [-0.39, 0.29) is 17.5 Å². The van der Waals surface area contributed by atoms with Gasteiger partial charge in [-0.05, 0) is 48.7 Å². The van der Waals surface area contributed by atoms with Crippen molar-refractivity contribution in [3.63, 3.8) is 0 Å². The Labute approximate surface area is 160 Å². The van der Waals surface area contributed by atoms with Gasteiger partial charge < -0.3 is 10.6 Å². The van der Waals surface area contributed by atoms with Crippen LogP contribution in [0.1, 0.15) is 24.0 Å². The number of carbonyl (C=O) groups excluding carboxylic acids is 1. The third-order valence-corrected chi connectivity index (χ3v) is 4.69. The Hall–Kier alpha value is -2.61. The first-order valence-electron chi connectivity index (χ1n) is 9.01. The van der Waals surface area contributed by atoms with Crippen LogP contribution in [0.5, 0.6) is 0 Å². The summed E-state index contributed by atoms with van der Waals surface area (Å²) in [5.74, 6) is -0.265. The highest BCUT2D eigenvalue weighted by molar-refractivity contribution is 5.89. The number of urea groups is 1. The van der Waals surface area contributed by atoms with Gasteiger partial charge in [-0.3, -0.25) is 4.90 Å². The molecule has 1 aliphatic heterocycles. The standard InChI is InChI=1S/C20H21F4N3O/c21-16-6-4-14(5-7-16)13-27-10-8-17(9-11-27)25-19(28)26-18-3-1-2-15(12-18)20(22,23)24/h1-7,12,17H,8-11,13H2,(H2,25,26,28). The van der Waals surface area contributed by atoms with Gasteiger partial charge in [-0.15, -0.1) is 0 Å². The van der Waals surface area contributed by atoms with Crippen LogP contribution in [0.15, 0.2) is 48.5 Å². The molecule has 0 aromatic heterocycles. The topological polar surface area (TPSA) is 44.4 Å². The molecule has 2 aromatic carbocycles. The number of piperidine rings is 1. The SMILES string of the molecule is O=C(Nc1cccc(C(F)(F)F)c1)NC1CCN(Cc2ccc(F)cc2)CC1. The Balaban J connectivity index is 1.45. The van der Waals surface area contributed by atoms with Gasteiger partial charge in [0.05, 0.1) is 5.56 Å². The molecule has 8 heteroatoms. The lowest BCUT2D eigenvalue weighted by Crippen LogP contribution is -2.45. The molecule has 0 saturated carbocycles. The van der Waals surface area contributed by atoms with E-state index in [0.29, 0.717) is 6.54 Å².